The lowest BCUT2D eigenvalue weighted by Crippen LogP contribution is -2.42. The van der Waals surface area contributed by atoms with Gasteiger partial charge in [-0.1, -0.05) is 39.0 Å². The first kappa shape index (κ1) is 13.7. The van der Waals surface area contributed by atoms with E-state index >= 15 is 0 Å². The lowest BCUT2D eigenvalue weighted by Gasteiger charge is -2.28. The second-order valence-corrected chi connectivity index (χ2v) is 5.42. The fourth-order valence-corrected chi connectivity index (χ4v) is 1.32. The Labute approximate surface area is 102 Å². The summed E-state index contributed by atoms with van der Waals surface area (Å²) in [5.41, 5.74) is 0.441. The minimum atomic E-state index is -0.328. The van der Waals surface area contributed by atoms with E-state index in [2.05, 4.69) is 26.1 Å². The van der Waals surface area contributed by atoms with Gasteiger partial charge in [0.1, 0.15) is 5.82 Å². The standard InChI is InChI=1S/C14H20FNO/c1-10(14(2,3)4)16-13(17)9-11-7-5-6-8-12(11)15/h5-8,10H,9H2,1-4H3,(H,16,17)/t10-/m1/s1. The molecule has 0 aliphatic carbocycles. The van der Waals surface area contributed by atoms with E-state index in [0.29, 0.717) is 5.56 Å². The average molecular weight is 237 g/mol. The molecule has 2 nitrogen and oxygen atoms in total. The first-order valence-corrected chi connectivity index (χ1v) is 5.83. The number of carbonyl (C=O) groups is 1. The van der Waals surface area contributed by atoms with E-state index in [1.165, 1.54) is 6.07 Å². The van der Waals surface area contributed by atoms with Crippen LogP contribution in [0.1, 0.15) is 33.3 Å². The van der Waals surface area contributed by atoms with Crippen LogP contribution in [0.5, 0.6) is 0 Å². The maximum absolute atomic E-state index is 13.3. The van der Waals surface area contributed by atoms with Gasteiger partial charge in [-0.2, -0.15) is 0 Å². The molecule has 1 rings (SSSR count). The summed E-state index contributed by atoms with van der Waals surface area (Å²) < 4.78 is 13.3. The van der Waals surface area contributed by atoms with Crippen molar-refractivity contribution in [3.8, 4) is 0 Å². The summed E-state index contributed by atoms with van der Waals surface area (Å²) >= 11 is 0. The fourth-order valence-electron chi connectivity index (χ4n) is 1.32. The molecule has 0 aliphatic rings. The monoisotopic (exact) mass is 237 g/mol. The van der Waals surface area contributed by atoms with E-state index in [0.717, 1.165) is 0 Å². The molecule has 0 fully saturated rings. The number of halogens is 1. The number of carbonyl (C=O) groups excluding carboxylic acids is 1. The van der Waals surface area contributed by atoms with Crippen LogP contribution in [-0.2, 0) is 11.2 Å². The van der Waals surface area contributed by atoms with Crippen LogP contribution in [0, 0.1) is 11.2 Å². The fraction of sp³-hybridized carbons (Fsp3) is 0.500. The van der Waals surface area contributed by atoms with Gasteiger partial charge in [0.05, 0.1) is 6.42 Å². The summed E-state index contributed by atoms with van der Waals surface area (Å²) in [4.78, 5) is 11.7. The van der Waals surface area contributed by atoms with Crippen molar-refractivity contribution in [2.24, 2.45) is 5.41 Å². The minimum Gasteiger partial charge on any atom is -0.353 e. The van der Waals surface area contributed by atoms with E-state index in [1.54, 1.807) is 18.2 Å². The third-order valence-electron chi connectivity index (χ3n) is 2.99. The number of benzene rings is 1. The van der Waals surface area contributed by atoms with Crippen molar-refractivity contribution in [1.82, 2.24) is 5.32 Å². The molecule has 94 valence electrons. The van der Waals surface area contributed by atoms with Gasteiger partial charge in [0.25, 0.3) is 0 Å². The van der Waals surface area contributed by atoms with Crippen LogP contribution in [0.4, 0.5) is 4.39 Å². The highest BCUT2D eigenvalue weighted by molar-refractivity contribution is 5.78. The Kier molecular flexibility index (Phi) is 4.27. The minimum absolute atomic E-state index is 0.00485. The molecule has 3 heteroatoms. The Morgan fingerprint density at radius 3 is 2.47 bits per heavy atom. The Hall–Kier alpha value is -1.38. The van der Waals surface area contributed by atoms with Crippen molar-refractivity contribution < 1.29 is 9.18 Å². The third-order valence-corrected chi connectivity index (χ3v) is 2.99. The molecule has 0 aromatic heterocycles. The van der Waals surface area contributed by atoms with Crippen LogP contribution >= 0.6 is 0 Å². The second-order valence-electron chi connectivity index (χ2n) is 5.42. The molecule has 17 heavy (non-hydrogen) atoms. The molecule has 0 heterocycles. The molecule has 1 amide bonds. The van der Waals surface area contributed by atoms with Gasteiger partial charge in [0, 0.05) is 6.04 Å². The lowest BCUT2D eigenvalue weighted by molar-refractivity contribution is -0.121. The van der Waals surface area contributed by atoms with E-state index in [1.807, 2.05) is 6.92 Å². The van der Waals surface area contributed by atoms with Crippen LogP contribution in [0.3, 0.4) is 0 Å². The van der Waals surface area contributed by atoms with Crippen molar-refractivity contribution in [1.29, 1.82) is 0 Å². The molecular formula is C14H20FNO. The third kappa shape index (κ3) is 4.17. The van der Waals surface area contributed by atoms with E-state index in [-0.39, 0.29) is 29.6 Å². The van der Waals surface area contributed by atoms with Gasteiger partial charge in [-0.05, 0) is 24.0 Å². The molecule has 1 aromatic carbocycles. The molecule has 0 saturated carbocycles. The molecular weight excluding hydrogens is 217 g/mol. The van der Waals surface area contributed by atoms with E-state index < -0.39 is 0 Å². The van der Waals surface area contributed by atoms with Crippen molar-refractivity contribution in [3.05, 3.63) is 35.6 Å². The lowest BCUT2D eigenvalue weighted by atomic mass is 9.88. The SMILES string of the molecule is C[C@@H](NC(=O)Cc1ccccc1F)C(C)(C)C. The van der Waals surface area contributed by atoms with Gasteiger partial charge in [0.2, 0.25) is 5.91 Å². The van der Waals surface area contributed by atoms with Crippen LogP contribution in [-0.4, -0.2) is 11.9 Å². The first-order valence-electron chi connectivity index (χ1n) is 5.83. The summed E-state index contributed by atoms with van der Waals surface area (Å²) in [6.07, 6.45) is 0.0904. The normalized spacial score (nSPS) is 13.2. The highest BCUT2D eigenvalue weighted by Gasteiger charge is 2.21. The van der Waals surface area contributed by atoms with Gasteiger partial charge in [-0.15, -0.1) is 0 Å². The number of hydrogen-bond donors (Lipinski definition) is 1. The predicted octanol–water partition coefficient (Wildman–Crippen LogP) is 2.92. The highest BCUT2D eigenvalue weighted by atomic mass is 19.1. The molecule has 1 N–H and O–H groups in total. The van der Waals surface area contributed by atoms with Crippen molar-refractivity contribution in [2.45, 2.75) is 40.2 Å². The number of rotatable bonds is 3. The first-order chi connectivity index (χ1) is 7.80. The summed E-state index contributed by atoms with van der Waals surface area (Å²) in [5, 5.41) is 2.89. The predicted molar refractivity (Wildman–Crippen MR) is 67.2 cm³/mol. The molecule has 1 atom stereocenters. The van der Waals surface area contributed by atoms with Crippen LogP contribution in [0.25, 0.3) is 0 Å². The molecule has 0 radical (unpaired) electrons. The second kappa shape index (κ2) is 5.30. The summed E-state index contributed by atoms with van der Waals surface area (Å²) in [5.74, 6) is -0.469. The number of hydrogen-bond acceptors (Lipinski definition) is 1. The molecule has 0 aliphatic heterocycles. The maximum atomic E-state index is 13.3. The van der Waals surface area contributed by atoms with Gasteiger partial charge >= 0.3 is 0 Å². The zero-order valence-electron chi connectivity index (χ0n) is 10.9. The highest BCUT2D eigenvalue weighted by Crippen LogP contribution is 2.18. The molecule has 1 aromatic rings. The van der Waals surface area contributed by atoms with Gasteiger partial charge in [0.15, 0.2) is 0 Å². The van der Waals surface area contributed by atoms with E-state index in [4.69, 9.17) is 0 Å². The Bertz CT molecular complexity index is 395. The summed E-state index contributed by atoms with van der Waals surface area (Å²) in [6, 6.07) is 6.42. The van der Waals surface area contributed by atoms with Crippen LogP contribution in [0.15, 0.2) is 24.3 Å². The molecule has 0 unspecified atom stereocenters. The Morgan fingerprint density at radius 1 is 1.35 bits per heavy atom. The van der Waals surface area contributed by atoms with E-state index in [9.17, 15) is 9.18 Å². The number of amides is 1. The summed E-state index contributed by atoms with van der Waals surface area (Å²) in [7, 11) is 0. The smallest absolute Gasteiger partial charge is 0.224 e. The van der Waals surface area contributed by atoms with Crippen molar-refractivity contribution in [3.63, 3.8) is 0 Å². The van der Waals surface area contributed by atoms with Crippen molar-refractivity contribution in [2.75, 3.05) is 0 Å². The van der Waals surface area contributed by atoms with Crippen LogP contribution < -0.4 is 5.32 Å². The van der Waals surface area contributed by atoms with Crippen LogP contribution in [0.2, 0.25) is 0 Å². The zero-order valence-corrected chi connectivity index (χ0v) is 10.9. The van der Waals surface area contributed by atoms with Gasteiger partial charge in [-0.25, -0.2) is 4.39 Å². The zero-order chi connectivity index (χ0) is 13.1. The Morgan fingerprint density at radius 2 is 1.94 bits per heavy atom. The maximum Gasteiger partial charge on any atom is 0.224 e. The quantitative estimate of drug-likeness (QED) is 0.860. The molecule has 0 spiro atoms. The average Bonchev–Trinajstić information content (AvgIpc) is 2.20. The largest absolute Gasteiger partial charge is 0.353 e. The van der Waals surface area contributed by atoms with Gasteiger partial charge < -0.3 is 5.32 Å². The topological polar surface area (TPSA) is 29.1 Å². The number of nitrogens with one attached hydrogen (secondary N) is 1. The van der Waals surface area contributed by atoms with Crippen molar-refractivity contribution >= 4 is 5.91 Å². The Balaban J connectivity index is 2.60. The molecule has 0 bridgehead atoms. The summed E-state index contributed by atoms with van der Waals surface area (Å²) in [6.45, 7) is 8.13. The van der Waals surface area contributed by atoms with Gasteiger partial charge in [-0.3, -0.25) is 4.79 Å². The molecule has 0 saturated heterocycles.